The van der Waals surface area contributed by atoms with Crippen molar-refractivity contribution in [1.82, 2.24) is 4.90 Å². The van der Waals surface area contributed by atoms with Gasteiger partial charge in [0.2, 0.25) is 0 Å². The lowest BCUT2D eigenvalue weighted by Gasteiger charge is -2.30. The van der Waals surface area contributed by atoms with Crippen LogP contribution < -0.4 is 11.1 Å². The molecule has 0 aromatic heterocycles. The highest BCUT2D eigenvalue weighted by Gasteiger charge is 2.20. The molecular formula is C14H20FN3O. The van der Waals surface area contributed by atoms with E-state index >= 15 is 0 Å². The molecule has 104 valence electrons. The first-order valence-electron chi connectivity index (χ1n) is 6.64. The Morgan fingerprint density at radius 2 is 2.16 bits per heavy atom. The molecule has 5 heteroatoms. The van der Waals surface area contributed by atoms with Gasteiger partial charge in [0, 0.05) is 30.9 Å². The van der Waals surface area contributed by atoms with Crippen LogP contribution in [0.5, 0.6) is 0 Å². The molecule has 2 amide bonds. The number of hydrogen-bond acceptors (Lipinski definition) is 2. The topological polar surface area (TPSA) is 58.4 Å². The first-order chi connectivity index (χ1) is 9.10. The molecule has 2 rings (SSSR count). The third-order valence-corrected chi connectivity index (χ3v) is 3.59. The van der Waals surface area contributed by atoms with Gasteiger partial charge in [-0.25, -0.2) is 9.18 Å². The van der Waals surface area contributed by atoms with Crippen LogP contribution in [-0.2, 0) is 6.54 Å². The molecule has 0 spiro atoms. The third kappa shape index (κ3) is 3.44. The van der Waals surface area contributed by atoms with E-state index in [4.69, 9.17) is 5.73 Å². The Morgan fingerprint density at radius 3 is 2.79 bits per heavy atom. The normalized spacial score (nSPS) is 16.5. The quantitative estimate of drug-likeness (QED) is 0.863. The highest BCUT2D eigenvalue weighted by Crippen LogP contribution is 2.18. The molecule has 0 unspecified atom stereocenters. The number of piperidine rings is 1. The number of anilines is 1. The molecule has 3 N–H and O–H groups in total. The minimum Gasteiger partial charge on any atom is -0.326 e. The SMILES string of the molecule is CC1CCN(C(=O)Nc2ccc(F)c(CN)c2)CC1. The summed E-state index contributed by atoms with van der Waals surface area (Å²) in [6, 6.07) is 4.34. The van der Waals surface area contributed by atoms with E-state index < -0.39 is 0 Å². The molecule has 19 heavy (non-hydrogen) atoms. The van der Waals surface area contributed by atoms with Gasteiger partial charge in [-0.3, -0.25) is 0 Å². The highest BCUT2D eigenvalue weighted by atomic mass is 19.1. The average molecular weight is 265 g/mol. The number of urea groups is 1. The van der Waals surface area contributed by atoms with Gasteiger partial charge >= 0.3 is 6.03 Å². The molecule has 0 saturated carbocycles. The van der Waals surface area contributed by atoms with Crippen LogP contribution in [0.2, 0.25) is 0 Å². The third-order valence-electron chi connectivity index (χ3n) is 3.59. The molecule has 0 bridgehead atoms. The van der Waals surface area contributed by atoms with Crippen molar-refractivity contribution in [3.05, 3.63) is 29.6 Å². The lowest BCUT2D eigenvalue weighted by atomic mass is 10.00. The lowest BCUT2D eigenvalue weighted by Crippen LogP contribution is -2.40. The summed E-state index contributed by atoms with van der Waals surface area (Å²) in [5.41, 5.74) is 6.44. The van der Waals surface area contributed by atoms with Gasteiger partial charge < -0.3 is 16.0 Å². The predicted octanol–water partition coefficient (Wildman–Crippen LogP) is 2.55. The lowest BCUT2D eigenvalue weighted by molar-refractivity contribution is 0.186. The average Bonchev–Trinajstić information content (AvgIpc) is 2.41. The summed E-state index contributed by atoms with van der Waals surface area (Å²) in [7, 11) is 0. The Hall–Kier alpha value is -1.62. The fraction of sp³-hybridized carbons (Fsp3) is 0.500. The maximum absolute atomic E-state index is 13.3. The molecule has 1 aliphatic rings. The standard InChI is InChI=1S/C14H20FN3O/c1-10-4-6-18(7-5-10)14(19)17-12-2-3-13(15)11(8-12)9-16/h2-3,8,10H,4-7,9,16H2,1H3,(H,17,19). The maximum Gasteiger partial charge on any atom is 0.321 e. The number of hydrogen-bond donors (Lipinski definition) is 2. The number of amides is 2. The smallest absolute Gasteiger partial charge is 0.321 e. The van der Waals surface area contributed by atoms with E-state index in [1.165, 1.54) is 6.07 Å². The molecule has 1 fully saturated rings. The molecule has 1 aromatic carbocycles. The summed E-state index contributed by atoms with van der Waals surface area (Å²) in [4.78, 5) is 13.8. The summed E-state index contributed by atoms with van der Waals surface area (Å²) in [5.74, 6) is 0.339. The molecule has 1 saturated heterocycles. The van der Waals surface area contributed by atoms with E-state index in [2.05, 4.69) is 12.2 Å². The van der Waals surface area contributed by atoms with Crippen LogP contribution in [0.25, 0.3) is 0 Å². The van der Waals surface area contributed by atoms with Gasteiger partial charge in [-0.15, -0.1) is 0 Å². The molecule has 1 aliphatic heterocycles. The molecular weight excluding hydrogens is 245 g/mol. The number of nitrogens with two attached hydrogens (primary N) is 1. The molecule has 0 radical (unpaired) electrons. The fourth-order valence-electron chi connectivity index (χ4n) is 2.22. The molecule has 1 heterocycles. The van der Waals surface area contributed by atoms with Crippen LogP contribution in [0.15, 0.2) is 18.2 Å². The van der Waals surface area contributed by atoms with Gasteiger partial charge in [-0.2, -0.15) is 0 Å². The molecule has 4 nitrogen and oxygen atoms in total. The van der Waals surface area contributed by atoms with Crippen LogP contribution >= 0.6 is 0 Å². The zero-order valence-corrected chi connectivity index (χ0v) is 11.2. The van der Waals surface area contributed by atoms with Crippen molar-refractivity contribution in [3.8, 4) is 0 Å². The number of nitrogens with zero attached hydrogens (tertiary/aromatic N) is 1. The van der Waals surface area contributed by atoms with Crippen molar-refractivity contribution >= 4 is 11.7 Å². The van der Waals surface area contributed by atoms with Gasteiger partial charge in [-0.1, -0.05) is 6.92 Å². The number of halogens is 1. The van der Waals surface area contributed by atoms with E-state index in [9.17, 15) is 9.18 Å². The summed E-state index contributed by atoms with van der Waals surface area (Å²) in [5, 5.41) is 2.79. The van der Waals surface area contributed by atoms with Crippen molar-refractivity contribution in [2.24, 2.45) is 11.7 Å². The van der Waals surface area contributed by atoms with Gasteiger partial charge in [0.15, 0.2) is 0 Å². The fourth-order valence-corrected chi connectivity index (χ4v) is 2.22. The molecule has 0 atom stereocenters. The monoisotopic (exact) mass is 265 g/mol. The van der Waals surface area contributed by atoms with Crippen LogP contribution in [0.4, 0.5) is 14.9 Å². The van der Waals surface area contributed by atoms with Crippen LogP contribution in [0.3, 0.4) is 0 Å². The second-order valence-corrected chi connectivity index (χ2v) is 5.11. The van der Waals surface area contributed by atoms with Crippen molar-refractivity contribution in [3.63, 3.8) is 0 Å². The summed E-state index contributed by atoms with van der Waals surface area (Å²) < 4.78 is 13.3. The largest absolute Gasteiger partial charge is 0.326 e. The Kier molecular flexibility index (Phi) is 4.37. The Labute approximate surface area is 112 Å². The van der Waals surface area contributed by atoms with Crippen LogP contribution in [0, 0.1) is 11.7 Å². The van der Waals surface area contributed by atoms with E-state index in [0.717, 1.165) is 25.9 Å². The van der Waals surface area contributed by atoms with Crippen molar-refractivity contribution in [2.75, 3.05) is 18.4 Å². The number of nitrogens with one attached hydrogen (secondary N) is 1. The van der Waals surface area contributed by atoms with E-state index in [0.29, 0.717) is 17.2 Å². The number of benzene rings is 1. The zero-order chi connectivity index (χ0) is 13.8. The summed E-state index contributed by atoms with van der Waals surface area (Å²) in [6.07, 6.45) is 2.07. The first kappa shape index (κ1) is 13.8. The molecule has 1 aromatic rings. The second-order valence-electron chi connectivity index (χ2n) is 5.11. The number of likely N-dealkylation sites (tertiary alicyclic amines) is 1. The predicted molar refractivity (Wildman–Crippen MR) is 73.3 cm³/mol. The van der Waals surface area contributed by atoms with Crippen molar-refractivity contribution < 1.29 is 9.18 Å². The number of carbonyl (C=O) groups is 1. The van der Waals surface area contributed by atoms with E-state index in [1.807, 2.05) is 0 Å². The second kappa shape index (κ2) is 6.02. The number of carbonyl (C=O) groups excluding carboxylic acids is 1. The van der Waals surface area contributed by atoms with Crippen LogP contribution in [0.1, 0.15) is 25.3 Å². The van der Waals surface area contributed by atoms with Gasteiger partial charge in [0.05, 0.1) is 0 Å². The van der Waals surface area contributed by atoms with Gasteiger partial charge in [0.1, 0.15) is 5.82 Å². The summed E-state index contributed by atoms with van der Waals surface area (Å²) in [6.45, 7) is 3.87. The maximum atomic E-state index is 13.3. The molecule has 0 aliphatic carbocycles. The first-order valence-corrected chi connectivity index (χ1v) is 6.64. The highest BCUT2D eigenvalue weighted by molar-refractivity contribution is 5.89. The van der Waals surface area contributed by atoms with Gasteiger partial charge in [0.25, 0.3) is 0 Å². The van der Waals surface area contributed by atoms with Crippen molar-refractivity contribution in [2.45, 2.75) is 26.3 Å². The number of rotatable bonds is 2. The van der Waals surface area contributed by atoms with Crippen LogP contribution in [-0.4, -0.2) is 24.0 Å². The van der Waals surface area contributed by atoms with Crippen molar-refractivity contribution in [1.29, 1.82) is 0 Å². The Bertz CT molecular complexity index is 456. The minimum atomic E-state index is -0.340. The Morgan fingerprint density at radius 1 is 1.47 bits per heavy atom. The minimum absolute atomic E-state index is 0.122. The summed E-state index contributed by atoms with van der Waals surface area (Å²) >= 11 is 0. The Balaban J connectivity index is 1.98. The zero-order valence-electron chi connectivity index (χ0n) is 11.2. The van der Waals surface area contributed by atoms with E-state index in [-0.39, 0.29) is 18.4 Å². The van der Waals surface area contributed by atoms with Gasteiger partial charge in [-0.05, 0) is 37.0 Å². The van der Waals surface area contributed by atoms with E-state index in [1.54, 1.807) is 17.0 Å².